The topological polar surface area (TPSA) is 21.3 Å². The van der Waals surface area contributed by atoms with Crippen molar-refractivity contribution in [2.24, 2.45) is 0 Å². The van der Waals surface area contributed by atoms with Crippen LogP contribution in [0, 0.1) is 0 Å². The Bertz CT molecular complexity index is 525. The van der Waals surface area contributed by atoms with Crippen LogP contribution in [0.25, 0.3) is 0 Å². The van der Waals surface area contributed by atoms with E-state index in [0.717, 1.165) is 41.2 Å². The summed E-state index contributed by atoms with van der Waals surface area (Å²) in [6.45, 7) is 0. The number of benzene rings is 2. The van der Waals surface area contributed by atoms with Crippen molar-refractivity contribution in [3.8, 4) is 11.5 Å². The fourth-order valence-electron chi connectivity index (χ4n) is 1.72. The minimum absolute atomic E-state index is 0.899. The average Bonchev–Trinajstić information content (AvgIpc) is 2.27. The van der Waals surface area contributed by atoms with E-state index in [-0.39, 0.29) is 0 Å². The Balaban J connectivity index is 2.15. The van der Waals surface area contributed by atoms with Gasteiger partial charge in [0, 0.05) is 0 Å². The SMILES string of the molecule is [Zn][c]1cccc2c1Nc1ccccc1O2. The Morgan fingerprint density at radius 3 is 2.67 bits per heavy atom. The standard InChI is InChI=1S/C12H8NO.Zn/c1-3-7-11-9(5-1)13-10-6-2-4-8-12(10)14-11;/h1-5,7-8,13H;. The number of hydrogen-bond donors (Lipinski definition) is 1. The van der Waals surface area contributed by atoms with Crippen LogP contribution in [0.5, 0.6) is 11.5 Å². The van der Waals surface area contributed by atoms with E-state index in [0.29, 0.717) is 0 Å². The van der Waals surface area contributed by atoms with Gasteiger partial charge in [-0.2, -0.15) is 0 Å². The Kier molecular flexibility index (Phi) is 2.00. The summed E-state index contributed by atoms with van der Waals surface area (Å²) in [7, 11) is 0. The summed E-state index contributed by atoms with van der Waals surface area (Å²) < 4.78 is 7.14. The molecular weight excluding hydrogens is 240 g/mol. The Morgan fingerprint density at radius 2 is 1.73 bits per heavy atom. The zero-order valence-electron chi connectivity index (χ0n) is 8.16. The van der Waals surface area contributed by atoms with Crippen LogP contribution in [0.1, 0.15) is 0 Å². The minimum atomic E-state index is 0.899. The number of nitrogens with one attached hydrogen (secondary N) is 1. The molecule has 0 atom stereocenters. The Morgan fingerprint density at radius 1 is 0.933 bits per heavy atom. The van der Waals surface area contributed by atoms with E-state index in [2.05, 4.69) is 11.4 Å². The van der Waals surface area contributed by atoms with E-state index in [1.54, 1.807) is 0 Å². The first-order valence-corrected chi connectivity index (χ1v) is 6.32. The first-order valence-electron chi connectivity index (χ1n) is 4.83. The molecule has 3 heteroatoms. The second-order valence-electron chi connectivity index (χ2n) is 3.51. The summed E-state index contributed by atoms with van der Waals surface area (Å²) >= 11 is 1.13. The van der Waals surface area contributed by atoms with Crippen molar-refractivity contribution in [2.45, 2.75) is 0 Å². The molecule has 2 aromatic rings. The van der Waals surface area contributed by atoms with Gasteiger partial charge in [0.25, 0.3) is 0 Å². The van der Waals surface area contributed by atoms with Gasteiger partial charge in [0.2, 0.25) is 0 Å². The summed E-state index contributed by atoms with van der Waals surface area (Å²) in [6.07, 6.45) is 0. The molecule has 3 rings (SSSR count). The molecule has 15 heavy (non-hydrogen) atoms. The van der Waals surface area contributed by atoms with E-state index >= 15 is 0 Å². The third-order valence-corrected chi connectivity index (χ3v) is 3.72. The first kappa shape index (κ1) is 8.93. The zero-order chi connectivity index (χ0) is 10.3. The van der Waals surface area contributed by atoms with Gasteiger partial charge in [-0.3, -0.25) is 0 Å². The predicted octanol–water partition coefficient (Wildman–Crippen LogP) is 2.71. The second kappa shape index (κ2) is 3.35. The van der Waals surface area contributed by atoms with E-state index in [1.165, 1.54) is 4.16 Å². The molecule has 0 amide bonds. The fourth-order valence-corrected chi connectivity index (χ4v) is 2.55. The summed E-state index contributed by atoms with van der Waals surface area (Å²) in [5, 5.41) is 3.42. The molecule has 1 aliphatic heterocycles. The van der Waals surface area contributed by atoms with E-state index in [1.807, 2.05) is 36.4 Å². The van der Waals surface area contributed by atoms with Crippen LogP contribution >= 0.6 is 0 Å². The molecule has 0 fully saturated rings. The van der Waals surface area contributed by atoms with E-state index < -0.39 is 0 Å². The van der Waals surface area contributed by atoms with Gasteiger partial charge in [-0.25, -0.2) is 0 Å². The van der Waals surface area contributed by atoms with Crippen LogP contribution in [0.3, 0.4) is 0 Å². The molecule has 0 aliphatic carbocycles. The number of para-hydroxylation sites is 3. The summed E-state index contributed by atoms with van der Waals surface area (Å²) in [5.41, 5.74) is 2.17. The summed E-state index contributed by atoms with van der Waals surface area (Å²) in [4.78, 5) is 0. The normalized spacial score (nSPS) is 12.1. The third-order valence-electron chi connectivity index (χ3n) is 2.48. The maximum atomic E-state index is 5.82. The van der Waals surface area contributed by atoms with Crippen molar-refractivity contribution in [1.29, 1.82) is 0 Å². The summed E-state index contributed by atoms with van der Waals surface area (Å²) in [5.74, 6) is 1.83. The van der Waals surface area contributed by atoms with Gasteiger partial charge >= 0.3 is 97.9 Å². The van der Waals surface area contributed by atoms with Crippen molar-refractivity contribution in [3.63, 3.8) is 0 Å². The maximum absolute atomic E-state index is 5.82. The molecule has 2 aromatic carbocycles. The average molecular weight is 248 g/mol. The van der Waals surface area contributed by atoms with Crippen LogP contribution in [-0.4, -0.2) is 0 Å². The van der Waals surface area contributed by atoms with Gasteiger partial charge in [-0.05, 0) is 0 Å². The number of fused-ring (bicyclic) bond motifs is 2. The van der Waals surface area contributed by atoms with Gasteiger partial charge in [-0.1, -0.05) is 0 Å². The van der Waals surface area contributed by atoms with Crippen LogP contribution in [0.4, 0.5) is 11.4 Å². The fraction of sp³-hybridized carbons (Fsp3) is 0. The summed E-state index contributed by atoms with van der Waals surface area (Å²) in [6, 6.07) is 14.2. The number of ether oxygens (including phenoxy) is 1. The molecule has 69 valence electrons. The van der Waals surface area contributed by atoms with Crippen LogP contribution in [0.2, 0.25) is 0 Å². The molecule has 2 nitrogen and oxygen atoms in total. The number of rotatable bonds is 0. The molecule has 0 saturated heterocycles. The molecule has 1 N–H and O–H groups in total. The molecule has 0 aromatic heterocycles. The molecule has 0 unspecified atom stereocenters. The number of anilines is 2. The Labute approximate surface area is 97.9 Å². The van der Waals surface area contributed by atoms with Gasteiger partial charge in [0.15, 0.2) is 0 Å². The molecular formula is C12H8NOZn. The molecule has 1 heterocycles. The van der Waals surface area contributed by atoms with E-state index in [4.69, 9.17) is 4.74 Å². The number of hydrogen-bond acceptors (Lipinski definition) is 2. The predicted molar refractivity (Wildman–Crippen MR) is 55.9 cm³/mol. The van der Waals surface area contributed by atoms with Crippen molar-refractivity contribution in [1.82, 2.24) is 0 Å². The molecule has 0 saturated carbocycles. The van der Waals surface area contributed by atoms with Crippen molar-refractivity contribution >= 4 is 15.5 Å². The van der Waals surface area contributed by atoms with Gasteiger partial charge in [0.1, 0.15) is 0 Å². The first-order chi connectivity index (χ1) is 7.34. The molecule has 0 radical (unpaired) electrons. The molecule has 0 bridgehead atoms. The van der Waals surface area contributed by atoms with Crippen molar-refractivity contribution in [3.05, 3.63) is 42.5 Å². The zero-order valence-corrected chi connectivity index (χ0v) is 11.1. The monoisotopic (exact) mass is 246 g/mol. The van der Waals surface area contributed by atoms with Gasteiger partial charge in [0.05, 0.1) is 0 Å². The van der Waals surface area contributed by atoms with E-state index in [9.17, 15) is 0 Å². The van der Waals surface area contributed by atoms with Crippen LogP contribution in [0.15, 0.2) is 42.5 Å². The quantitative estimate of drug-likeness (QED) is 0.617. The molecule has 1 aliphatic rings. The van der Waals surface area contributed by atoms with Crippen LogP contribution in [-0.2, 0) is 18.3 Å². The van der Waals surface area contributed by atoms with Gasteiger partial charge < -0.3 is 0 Å². The van der Waals surface area contributed by atoms with Crippen LogP contribution < -0.4 is 14.2 Å². The van der Waals surface area contributed by atoms with Crippen molar-refractivity contribution < 1.29 is 23.0 Å². The van der Waals surface area contributed by atoms with Gasteiger partial charge in [-0.15, -0.1) is 0 Å². The second-order valence-corrected chi connectivity index (χ2v) is 5.11. The Hall–Kier alpha value is -1.34. The third kappa shape index (κ3) is 1.44. The molecule has 0 spiro atoms. The van der Waals surface area contributed by atoms with Crippen molar-refractivity contribution in [2.75, 3.05) is 5.32 Å².